The van der Waals surface area contributed by atoms with Crippen LogP contribution in [0.15, 0.2) is 69.9 Å². The highest BCUT2D eigenvalue weighted by molar-refractivity contribution is 8.00. The molecule has 2 heterocycles. The van der Waals surface area contributed by atoms with Crippen molar-refractivity contribution in [1.29, 1.82) is 0 Å². The molecule has 0 aliphatic carbocycles. The van der Waals surface area contributed by atoms with Crippen molar-refractivity contribution in [2.24, 2.45) is 0 Å². The molecule has 1 amide bonds. The molecule has 2 aromatic heterocycles. The van der Waals surface area contributed by atoms with Crippen LogP contribution in [0.25, 0.3) is 15.9 Å². The molecule has 4 aromatic rings. The van der Waals surface area contributed by atoms with E-state index in [-0.39, 0.29) is 11.5 Å². The lowest BCUT2D eigenvalue weighted by atomic mass is 10.3. The van der Waals surface area contributed by atoms with E-state index in [1.165, 1.54) is 23.1 Å². The quantitative estimate of drug-likeness (QED) is 0.289. The summed E-state index contributed by atoms with van der Waals surface area (Å²) in [5.41, 5.74) is 1.04. The second-order valence-electron chi connectivity index (χ2n) is 6.42. The van der Waals surface area contributed by atoms with Gasteiger partial charge in [0.05, 0.1) is 16.3 Å². The second kappa shape index (κ2) is 8.81. The molecule has 1 atom stereocenters. The van der Waals surface area contributed by atoms with Crippen molar-refractivity contribution in [2.45, 2.75) is 17.3 Å². The molecule has 0 aliphatic rings. The third-order valence-corrected chi connectivity index (χ3v) is 6.56. The fraction of sp³-hybridized carbons (Fsp3) is 0.0952. The molecule has 5 nitrogen and oxygen atoms in total. The Morgan fingerprint density at radius 3 is 2.53 bits per heavy atom. The van der Waals surface area contributed by atoms with Crippen molar-refractivity contribution in [1.82, 2.24) is 9.55 Å². The van der Waals surface area contributed by atoms with E-state index < -0.39 is 5.25 Å². The number of thioether (sulfide) groups is 1. The Morgan fingerprint density at radius 1 is 1.13 bits per heavy atom. The Bertz CT molecular complexity index is 1270. The average molecular weight is 476 g/mol. The maximum absolute atomic E-state index is 13.1. The Hall–Kier alpha value is -2.32. The predicted molar refractivity (Wildman–Crippen MR) is 126 cm³/mol. The number of hydrogen-bond donors (Lipinski definition) is 1. The van der Waals surface area contributed by atoms with Crippen LogP contribution in [0.4, 0.5) is 5.69 Å². The Balaban J connectivity index is 1.67. The van der Waals surface area contributed by atoms with E-state index in [4.69, 9.17) is 23.2 Å². The number of nitrogens with zero attached hydrogens (tertiary/aromatic N) is 2. The Labute approximate surface area is 190 Å². The minimum absolute atomic E-state index is 0.163. The van der Waals surface area contributed by atoms with Gasteiger partial charge in [0.2, 0.25) is 5.91 Å². The van der Waals surface area contributed by atoms with Crippen LogP contribution in [0.1, 0.15) is 6.92 Å². The first-order chi connectivity index (χ1) is 14.4. The number of fused-ring (bicyclic) bond motifs is 1. The van der Waals surface area contributed by atoms with Crippen LogP contribution in [0.3, 0.4) is 0 Å². The first-order valence-corrected chi connectivity index (χ1v) is 11.4. The number of nitrogens with one attached hydrogen (secondary N) is 1. The number of thiophene rings is 1. The van der Waals surface area contributed by atoms with Crippen molar-refractivity contribution in [3.63, 3.8) is 0 Å². The minimum atomic E-state index is -0.526. The summed E-state index contributed by atoms with van der Waals surface area (Å²) in [5, 5.41) is 5.99. The van der Waals surface area contributed by atoms with E-state index in [1.807, 2.05) is 35.7 Å². The number of carbonyl (C=O) groups excluding carboxylic acids is 1. The van der Waals surface area contributed by atoms with E-state index in [0.717, 1.165) is 0 Å². The third-order valence-electron chi connectivity index (χ3n) is 4.26. The van der Waals surface area contributed by atoms with Crippen molar-refractivity contribution < 1.29 is 4.79 Å². The van der Waals surface area contributed by atoms with Gasteiger partial charge < -0.3 is 5.32 Å². The molecule has 0 saturated heterocycles. The third kappa shape index (κ3) is 4.39. The molecule has 1 N–H and O–H groups in total. The molecule has 0 spiro atoms. The van der Waals surface area contributed by atoms with Crippen LogP contribution in [-0.4, -0.2) is 20.7 Å². The SMILES string of the molecule is C[C@H](Sc1nc2sccc2c(=O)n1-c1ccccc1)C(=O)Nc1cc(Cl)cc(Cl)c1. The smallest absolute Gasteiger partial charge is 0.267 e. The van der Waals surface area contributed by atoms with Crippen LogP contribution < -0.4 is 10.9 Å². The summed E-state index contributed by atoms with van der Waals surface area (Å²) in [6.07, 6.45) is 0. The molecular weight excluding hydrogens is 461 g/mol. The molecule has 9 heteroatoms. The van der Waals surface area contributed by atoms with Gasteiger partial charge in [0.1, 0.15) is 4.83 Å². The van der Waals surface area contributed by atoms with Crippen LogP contribution in [0.5, 0.6) is 0 Å². The Morgan fingerprint density at radius 2 is 1.83 bits per heavy atom. The van der Waals surface area contributed by atoms with Gasteiger partial charge in [-0.1, -0.05) is 53.2 Å². The molecule has 2 aromatic carbocycles. The number of amides is 1. The monoisotopic (exact) mass is 475 g/mol. The second-order valence-corrected chi connectivity index (χ2v) is 9.49. The highest BCUT2D eigenvalue weighted by Crippen LogP contribution is 2.28. The number of anilines is 1. The maximum Gasteiger partial charge on any atom is 0.267 e. The lowest BCUT2D eigenvalue weighted by Crippen LogP contribution is -2.26. The molecule has 0 unspecified atom stereocenters. The van der Waals surface area contributed by atoms with E-state index >= 15 is 0 Å². The van der Waals surface area contributed by atoms with Crippen molar-refractivity contribution in [3.8, 4) is 5.69 Å². The molecule has 0 radical (unpaired) electrons. The lowest BCUT2D eigenvalue weighted by Gasteiger charge is -2.16. The molecule has 0 saturated carbocycles. The fourth-order valence-corrected chi connectivity index (χ4v) is 5.12. The van der Waals surface area contributed by atoms with Crippen LogP contribution in [-0.2, 0) is 4.79 Å². The van der Waals surface area contributed by atoms with Crippen LogP contribution in [0, 0.1) is 0 Å². The zero-order valence-corrected chi connectivity index (χ0v) is 18.8. The normalized spacial score (nSPS) is 12.1. The van der Waals surface area contributed by atoms with Gasteiger partial charge >= 0.3 is 0 Å². The summed E-state index contributed by atoms with van der Waals surface area (Å²) in [4.78, 5) is 31.2. The molecule has 0 aliphatic heterocycles. The first-order valence-electron chi connectivity index (χ1n) is 8.91. The molecule has 152 valence electrons. The molecule has 4 rings (SSSR count). The molecule has 0 bridgehead atoms. The number of hydrogen-bond acceptors (Lipinski definition) is 5. The van der Waals surface area contributed by atoms with Gasteiger partial charge in [-0.25, -0.2) is 4.98 Å². The van der Waals surface area contributed by atoms with Gasteiger partial charge in [0, 0.05) is 15.7 Å². The van der Waals surface area contributed by atoms with E-state index in [0.29, 0.717) is 36.8 Å². The zero-order valence-electron chi connectivity index (χ0n) is 15.6. The summed E-state index contributed by atoms with van der Waals surface area (Å²) in [6, 6.07) is 15.9. The number of benzene rings is 2. The first kappa shape index (κ1) is 20.9. The van der Waals surface area contributed by atoms with Crippen LogP contribution in [0.2, 0.25) is 10.0 Å². The zero-order chi connectivity index (χ0) is 21.3. The summed E-state index contributed by atoms with van der Waals surface area (Å²) >= 11 is 14.6. The van der Waals surface area contributed by atoms with Gasteiger partial charge in [-0.3, -0.25) is 14.2 Å². The standard InChI is InChI=1S/C21H15Cl2N3O2S2/c1-12(18(27)24-15-10-13(22)9-14(23)11-15)30-21-25-19-17(7-8-29-19)20(28)26(21)16-5-3-2-4-6-16/h2-12H,1H3,(H,24,27)/t12-/m0/s1. The fourth-order valence-electron chi connectivity index (χ4n) is 2.86. The lowest BCUT2D eigenvalue weighted by molar-refractivity contribution is -0.115. The average Bonchev–Trinajstić information content (AvgIpc) is 3.17. The number of halogens is 2. The maximum atomic E-state index is 13.1. The van der Waals surface area contributed by atoms with Crippen molar-refractivity contribution in [2.75, 3.05) is 5.32 Å². The van der Waals surface area contributed by atoms with Crippen LogP contribution >= 0.6 is 46.3 Å². The van der Waals surface area contributed by atoms with Gasteiger partial charge in [-0.15, -0.1) is 11.3 Å². The van der Waals surface area contributed by atoms with E-state index in [9.17, 15) is 9.59 Å². The summed E-state index contributed by atoms with van der Waals surface area (Å²) in [7, 11) is 0. The summed E-state index contributed by atoms with van der Waals surface area (Å²) < 4.78 is 1.54. The highest BCUT2D eigenvalue weighted by Gasteiger charge is 2.21. The largest absolute Gasteiger partial charge is 0.325 e. The Kier molecular flexibility index (Phi) is 6.15. The molecule has 0 fully saturated rings. The number of carbonyl (C=O) groups is 1. The predicted octanol–water partition coefficient (Wildman–Crippen LogP) is 5.87. The summed E-state index contributed by atoms with van der Waals surface area (Å²) in [6.45, 7) is 1.76. The number of rotatable bonds is 5. The minimum Gasteiger partial charge on any atom is -0.325 e. The van der Waals surface area contributed by atoms with Gasteiger partial charge in [-0.05, 0) is 48.7 Å². The van der Waals surface area contributed by atoms with Gasteiger partial charge in [-0.2, -0.15) is 0 Å². The summed E-state index contributed by atoms with van der Waals surface area (Å²) in [5.74, 6) is -0.251. The number of aromatic nitrogens is 2. The van der Waals surface area contributed by atoms with Gasteiger partial charge in [0.25, 0.3) is 5.56 Å². The van der Waals surface area contributed by atoms with Gasteiger partial charge in [0.15, 0.2) is 5.16 Å². The number of para-hydroxylation sites is 1. The molecule has 30 heavy (non-hydrogen) atoms. The highest BCUT2D eigenvalue weighted by atomic mass is 35.5. The van der Waals surface area contributed by atoms with E-state index in [1.54, 1.807) is 35.8 Å². The molecular formula is C21H15Cl2N3O2S2. The van der Waals surface area contributed by atoms with Crippen molar-refractivity contribution in [3.05, 3.63) is 80.4 Å². The topological polar surface area (TPSA) is 64.0 Å². The van der Waals surface area contributed by atoms with Crippen molar-refractivity contribution >= 4 is 68.1 Å². The van der Waals surface area contributed by atoms with E-state index in [2.05, 4.69) is 10.3 Å².